The Labute approximate surface area is 201 Å². The smallest absolute Gasteiger partial charge is 0.264 e. The Morgan fingerprint density at radius 1 is 1.06 bits per heavy atom. The minimum Gasteiger partial charge on any atom is -0.489 e. The van der Waals surface area contributed by atoms with E-state index >= 15 is 0 Å². The molecule has 0 spiro atoms. The highest BCUT2D eigenvalue weighted by molar-refractivity contribution is 7.92. The molecule has 0 fully saturated rings. The van der Waals surface area contributed by atoms with Gasteiger partial charge in [0.1, 0.15) is 18.9 Å². The van der Waals surface area contributed by atoms with Gasteiger partial charge in [0, 0.05) is 11.8 Å². The van der Waals surface area contributed by atoms with Crippen molar-refractivity contribution >= 4 is 27.3 Å². The number of hydrogen-bond donors (Lipinski definition) is 1. The number of hydrogen-bond acceptors (Lipinski definition) is 4. The first-order chi connectivity index (χ1) is 16.2. The normalized spacial score (nSPS) is 11.2. The molecule has 3 aromatic carbocycles. The maximum atomic E-state index is 13.5. The molecule has 3 rings (SSSR count). The molecule has 1 N–H and O–H groups in total. The lowest BCUT2D eigenvalue weighted by molar-refractivity contribution is -0.114. The number of sulfonamides is 1. The molecule has 34 heavy (non-hydrogen) atoms. The summed E-state index contributed by atoms with van der Waals surface area (Å²) in [6, 6.07) is 20.7. The molecule has 7 heteroatoms. The van der Waals surface area contributed by atoms with Crippen LogP contribution in [0.3, 0.4) is 0 Å². The molecule has 0 heterocycles. The van der Waals surface area contributed by atoms with E-state index in [0.29, 0.717) is 29.6 Å². The van der Waals surface area contributed by atoms with Gasteiger partial charge in [0.25, 0.3) is 10.0 Å². The molecule has 0 aromatic heterocycles. The lowest BCUT2D eigenvalue weighted by Gasteiger charge is -2.24. The minimum absolute atomic E-state index is 0.124. The molecule has 6 nitrogen and oxygen atoms in total. The monoisotopic (exact) mass is 478 g/mol. The number of rotatable bonds is 10. The fourth-order valence-corrected chi connectivity index (χ4v) is 4.75. The Kier molecular flexibility index (Phi) is 8.12. The van der Waals surface area contributed by atoms with Gasteiger partial charge in [0.2, 0.25) is 5.91 Å². The van der Waals surface area contributed by atoms with Crippen LogP contribution in [0, 0.1) is 6.92 Å². The molecule has 0 radical (unpaired) electrons. The number of carbonyl (C=O) groups is 1. The minimum atomic E-state index is -3.97. The van der Waals surface area contributed by atoms with Crippen LogP contribution in [0.2, 0.25) is 0 Å². The summed E-state index contributed by atoms with van der Waals surface area (Å²) in [5, 5.41) is 2.77. The average molecular weight is 479 g/mol. The number of anilines is 2. The third-order valence-corrected chi connectivity index (χ3v) is 7.02. The van der Waals surface area contributed by atoms with Crippen molar-refractivity contribution in [3.8, 4) is 5.75 Å². The molecule has 0 bridgehead atoms. The van der Waals surface area contributed by atoms with E-state index in [4.69, 9.17) is 4.74 Å². The quantitative estimate of drug-likeness (QED) is 0.390. The van der Waals surface area contributed by atoms with Crippen molar-refractivity contribution < 1.29 is 17.9 Å². The summed E-state index contributed by atoms with van der Waals surface area (Å²) in [4.78, 5) is 13.1. The van der Waals surface area contributed by atoms with Gasteiger partial charge < -0.3 is 10.1 Å². The first-order valence-corrected chi connectivity index (χ1v) is 12.5. The largest absolute Gasteiger partial charge is 0.489 e. The Hall–Kier alpha value is -3.58. The van der Waals surface area contributed by atoms with Crippen molar-refractivity contribution in [2.45, 2.75) is 31.6 Å². The van der Waals surface area contributed by atoms with Gasteiger partial charge in [-0.1, -0.05) is 62.4 Å². The Bertz CT molecular complexity index is 1230. The van der Waals surface area contributed by atoms with Gasteiger partial charge in [0.05, 0.1) is 10.6 Å². The van der Waals surface area contributed by atoms with E-state index in [-0.39, 0.29) is 11.4 Å². The fourth-order valence-electron chi connectivity index (χ4n) is 3.33. The van der Waals surface area contributed by atoms with E-state index in [0.717, 1.165) is 15.4 Å². The van der Waals surface area contributed by atoms with Crippen LogP contribution in [0.5, 0.6) is 5.75 Å². The third-order valence-electron chi connectivity index (χ3n) is 5.23. The molecule has 1 amide bonds. The zero-order valence-electron chi connectivity index (χ0n) is 19.7. The number of aryl methyl sites for hydroxylation is 1. The molecule has 0 aliphatic heterocycles. The van der Waals surface area contributed by atoms with Gasteiger partial charge in [-0.25, -0.2) is 8.42 Å². The Morgan fingerprint density at radius 3 is 2.35 bits per heavy atom. The summed E-state index contributed by atoms with van der Waals surface area (Å²) >= 11 is 0. The Balaban J connectivity index is 1.90. The fraction of sp³-hybridized carbons (Fsp3) is 0.222. The topological polar surface area (TPSA) is 75.7 Å². The molecular formula is C27H30N2O4S. The maximum Gasteiger partial charge on any atom is 0.264 e. The van der Waals surface area contributed by atoms with Crippen LogP contribution in [-0.4, -0.2) is 27.5 Å². The lowest BCUT2D eigenvalue weighted by Crippen LogP contribution is -2.38. The van der Waals surface area contributed by atoms with Crippen LogP contribution in [-0.2, 0) is 14.8 Å². The molecular weight excluding hydrogens is 448 g/mol. The summed E-state index contributed by atoms with van der Waals surface area (Å²) in [6.07, 6.45) is 1.63. The van der Waals surface area contributed by atoms with Crippen LogP contribution in [0.25, 0.3) is 0 Å². The highest BCUT2D eigenvalue weighted by Crippen LogP contribution is 2.26. The van der Waals surface area contributed by atoms with Crippen molar-refractivity contribution in [2.24, 2.45) is 0 Å². The van der Waals surface area contributed by atoms with E-state index in [1.54, 1.807) is 66.7 Å². The molecule has 0 unspecified atom stereocenters. The van der Waals surface area contributed by atoms with Crippen molar-refractivity contribution in [1.29, 1.82) is 0 Å². The van der Waals surface area contributed by atoms with E-state index in [1.165, 1.54) is 0 Å². The number of benzene rings is 3. The second kappa shape index (κ2) is 11.0. The number of carbonyl (C=O) groups excluding carboxylic acids is 1. The summed E-state index contributed by atoms with van der Waals surface area (Å²) < 4.78 is 33.7. The van der Waals surface area contributed by atoms with Gasteiger partial charge in [-0.2, -0.15) is 0 Å². The van der Waals surface area contributed by atoms with Gasteiger partial charge in [-0.3, -0.25) is 9.10 Å². The van der Waals surface area contributed by atoms with Crippen LogP contribution in [0.1, 0.15) is 30.9 Å². The average Bonchev–Trinajstić information content (AvgIpc) is 2.81. The highest BCUT2D eigenvalue weighted by atomic mass is 32.2. The molecule has 0 saturated heterocycles. The van der Waals surface area contributed by atoms with E-state index in [1.807, 2.05) is 19.1 Å². The van der Waals surface area contributed by atoms with Gasteiger partial charge in [-0.15, -0.1) is 0 Å². The van der Waals surface area contributed by atoms with Crippen LogP contribution in [0.15, 0.2) is 90.3 Å². The van der Waals surface area contributed by atoms with Crippen LogP contribution in [0.4, 0.5) is 11.4 Å². The second-order valence-corrected chi connectivity index (χ2v) is 10.1. The molecule has 178 valence electrons. The SMILES string of the molecule is C=CCOc1cccc(NC(=O)CN(c2ccc(C(C)C)cc2)S(=O)(=O)c2ccc(C)cc2)c1. The van der Waals surface area contributed by atoms with E-state index in [2.05, 4.69) is 25.7 Å². The number of nitrogens with one attached hydrogen (secondary N) is 1. The zero-order chi connectivity index (χ0) is 24.7. The number of amides is 1. The number of ether oxygens (including phenoxy) is 1. The summed E-state index contributed by atoms with van der Waals surface area (Å²) in [7, 11) is -3.97. The first-order valence-electron chi connectivity index (χ1n) is 11.0. The molecule has 0 saturated carbocycles. The predicted octanol–water partition coefficient (Wildman–Crippen LogP) is 5.52. The lowest BCUT2D eigenvalue weighted by atomic mass is 10.0. The van der Waals surface area contributed by atoms with Crippen LogP contribution < -0.4 is 14.4 Å². The van der Waals surface area contributed by atoms with Crippen molar-refractivity contribution in [2.75, 3.05) is 22.8 Å². The zero-order valence-corrected chi connectivity index (χ0v) is 20.5. The predicted molar refractivity (Wildman–Crippen MR) is 137 cm³/mol. The van der Waals surface area contributed by atoms with Gasteiger partial charge >= 0.3 is 0 Å². The van der Waals surface area contributed by atoms with Crippen molar-refractivity contribution in [1.82, 2.24) is 0 Å². The van der Waals surface area contributed by atoms with Crippen molar-refractivity contribution in [3.05, 3.63) is 96.6 Å². The van der Waals surface area contributed by atoms with Crippen molar-refractivity contribution in [3.63, 3.8) is 0 Å². The summed E-state index contributed by atoms with van der Waals surface area (Å²) in [6.45, 7) is 9.60. The highest BCUT2D eigenvalue weighted by Gasteiger charge is 2.27. The molecule has 0 aliphatic carbocycles. The van der Waals surface area contributed by atoms with Crippen LogP contribution >= 0.6 is 0 Å². The molecule has 3 aromatic rings. The standard InChI is InChI=1S/C27H30N2O4S/c1-5-17-33-25-8-6-7-23(18-25)28-27(30)19-29(24-13-11-22(12-14-24)20(2)3)34(31,32)26-15-9-21(4)10-16-26/h5-16,18,20H,1,17,19H2,2-4H3,(H,28,30). The van der Waals surface area contributed by atoms with Gasteiger partial charge in [-0.05, 0) is 54.8 Å². The summed E-state index contributed by atoms with van der Waals surface area (Å²) in [5.74, 6) is 0.408. The Morgan fingerprint density at radius 2 is 1.74 bits per heavy atom. The molecule has 0 atom stereocenters. The second-order valence-electron chi connectivity index (χ2n) is 8.25. The molecule has 0 aliphatic rings. The third kappa shape index (κ3) is 6.26. The van der Waals surface area contributed by atoms with E-state index < -0.39 is 15.9 Å². The number of nitrogens with zero attached hydrogens (tertiary/aromatic N) is 1. The van der Waals surface area contributed by atoms with E-state index in [9.17, 15) is 13.2 Å². The van der Waals surface area contributed by atoms with Gasteiger partial charge in [0.15, 0.2) is 0 Å². The summed E-state index contributed by atoms with van der Waals surface area (Å²) in [5.41, 5.74) is 2.96. The maximum absolute atomic E-state index is 13.5. The first kappa shape index (κ1) is 25.1.